The first-order valence-electron chi connectivity index (χ1n) is 4.57. The Labute approximate surface area is 72.6 Å². The molecule has 0 radical (unpaired) electrons. The summed E-state index contributed by atoms with van der Waals surface area (Å²) in [5.74, 6) is 1.23. The lowest BCUT2D eigenvalue weighted by atomic mass is 9.69. The summed E-state index contributed by atoms with van der Waals surface area (Å²) in [6.45, 7) is 0. The first-order valence-corrected chi connectivity index (χ1v) is 4.57. The standard InChI is InChI=1S/C10H14O2/c1-12-10(11)9-6-7-2-4-8(9)5-3-7/h2,4,7-9H,3,5-6H2,1H3/t7-,8+,9+/m0/s1. The van der Waals surface area contributed by atoms with Crippen molar-refractivity contribution in [1.82, 2.24) is 0 Å². The highest BCUT2D eigenvalue weighted by atomic mass is 16.5. The summed E-state index contributed by atoms with van der Waals surface area (Å²) in [4.78, 5) is 11.3. The van der Waals surface area contributed by atoms with Crippen LogP contribution >= 0.6 is 0 Å². The molecule has 0 N–H and O–H groups in total. The minimum atomic E-state index is -0.0194. The van der Waals surface area contributed by atoms with E-state index in [9.17, 15) is 4.79 Å². The monoisotopic (exact) mass is 166 g/mol. The molecular weight excluding hydrogens is 152 g/mol. The van der Waals surface area contributed by atoms with Gasteiger partial charge in [0.1, 0.15) is 0 Å². The van der Waals surface area contributed by atoms with E-state index >= 15 is 0 Å². The van der Waals surface area contributed by atoms with Crippen molar-refractivity contribution in [3.05, 3.63) is 12.2 Å². The van der Waals surface area contributed by atoms with Gasteiger partial charge in [-0.1, -0.05) is 12.2 Å². The van der Waals surface area contributed by atoms with Crippen molar-refractivity contribution in [2.24, 2.45) is 17.8 Å². The Bertz CT molecular complexity index is 220. The van der Waals surface area contributed by atoms with Crippen molar-refractivity contribution in [3.63, 3.8) is 0 Å². The third-order valence-electron chi connectivity index (χ3n) is 3.08. The van der Waals surface area contributed by atoms with Crippen molar-refractivity contribution >= 4 is 5.97 Å². The molecule has 3 rings (SSSR count). The lowest BCUT2D eigenvalue weighted by Crippen LogP contribution is -2.33. The van der Waals surface area contributed by atoms with Gasteiger partial charge in [-0.05, 0) is 31.1 Å². The van der Waals surface area contributed by atoms with E-state index in [1.807, 2.05) is 0 Å². The van der Waals surface area contributed by atoms with E-state index < -0.39 is 0 Å². The number of allylic oxidation sites excluding steroid dienone is 2. The molecule has 2 bridgehead atoms. The quantitative estimate of drug-likeness (QED) is 0.438. The van der Waals surface area contributed by atoms with E-state index in [1.165, 1.54) is 20.0 Å². The van der Waals surface area contributed by atoms with Crippen LogP contribution in [-0.4, -0.2) is 13.1 Å². The highest BCUT2D eigenvalue weighted by Crippen LogP contribution is 2.40. The normalized spacial score (nSPS) is 38.2. The highest BCUT2D eigenvalue weighted by molar-refractivity contribution is 5.73. The van der Waals surface area contributed by atoms with Gasteiger partial charge in [-0.2, -0.15) is 0 Å². The first-order chi connectivity index (χ1) is 5.81. The Balaban J connectivity index is 2.11. The molecule has 0 amide bonds. The second-order valence-electron chi connectivity index (χ2n) is 3.75. The Hall–Kier alpha value is -0.790. The van der Waals surface area contributed by atoms with E-state index in [1.54, 1.807) is 0 Å². The zero-order valence-corrected chi connectivity index (χ0v) is 7.32. The largest absolute Gasteiger partial charge is 0.469 e. The van der Waals surface area contributed by atoms with Crippen LogP contribution in [0.25, 0.3) is 0 Å². The van der Waals surface area contributed by atoms with Gasteiger partial charge >= 0.3 is 5.97 Å². The maximum Gasteiger partial charge on any atom is 0.309 e. The molecule has 0 heterocycles. The van der Waals surface area contributed by atoms with Crippen LogP contribution in [0.5, 0.6) is 0 Å². The first kappa shape index (κ1) is 7.84. The predicted molar refractivity (Wildman–Crippen MR) is 45.5 cm³/mol. The van der Waals surface area contributed by atoms with Gasteiger partial charge < -0.3 is 4.74 Å². The number of rotatable bonds is 1. The number of hydrogen-bond donors (Lipinski definition) is 0. The Morgan fingerprint density at radius 3 is 2.67 bits per heavy atom. The highest BCUT2D eigenvalue weighted by Gasteiger charge is 2.36. The van der Waals surface area contributed by atoms with Gasteiger partial charge in [-0.3, -0.25) is 4.79 Å². The SMILES string of the molecule is COC(=O)[C@@H]1C[C@H]2C=C[C@@H]1CC2. The maximum atomic E-state index is 11.3. The van der Waals surface area contributed by atoms with Gasteiger partial charge in [0, 0.05) is 0 Å². The molecule has 2 nitrogen and oxygen atoms in total. The molecule has 0 aliphatic heterocycles. The number of carbonyl (C=O) groups is 1. The van der Waals surface area contributed by atoms with Gasteiger partial charge in [-0.15, -0.1) is 0 Å². The molecule has 1 saturated carbocycles. The Kier molecular flexibility index (Phi) is 1.91. The Morgan fingerprint density at radius 2 is 2.25 bits per heavy atom. The van der Waals surface area contributed by atoms with E-state index in [0.717, 1.165) is 6.42 Å². The zero-order valence-electron chi connectivity index (χ0n) is 7.32. The van der Waals surface area contributed by atoms with Crippen molar-refractivity contribution in [1.29, 1.82) is 0 Å². The summed E-state index contributed by atoms with van der Waals surface area (Å²) in [7, 11) is 1.48. The van der Waals surface area contributed by atoms with Crippen LogP contribution in [0.2, 0.25) is 0 Å². The molecule has 3 aliphatic carbocycles. The molecule has 3 aliphatic rings. The van der Waals surface area contributed by atoms with Crippen LogP contribution in [0.1, 0.15) is 19.3 Å². The number of methoxy groups -OCH3 is 1. The third kappa shape index (κ3) is 1.15. The van der Waals surface area contributed by atoms with Crippen LogP contribution in [0, 0.1) is 17.8 Å². The summed E-state index contributed by atoms with van der Waals surface area (Å²) in [5, 5.41) is 0. The van der Waals surface area contributed by atoms with Crippen LogP contribution < -0.4 is 0 Å². The second kappa shape index (κ2) is 2.92. The molecule has 0 spiro atoms. The summed E-state index contributed by atoms with van der Waals surface area (Å²) < 4.78 is 4.77. The smallest absolute Gasteiger partial charge is 0.309 e. The molecule has 0 unspecified atom stereocenters. The average Bonchev–Trinajstić information content (AvgIpc) is 2.18. The molecule has 1 fully saturated rings. The lowest BCUT2D eigenvalue weighted by molar-refractivity contribution is -0.148. The number of ether oxygens (including phenoxy) is 1. The zero-order chi connectivity index (χ0) is 8.55. The van der Waals surface area contributed by atoms with Crippen molar-refractivity contribution in [2.45, 2.75) is 19.3 Å². The molecule has 3 atom stereocenters. The summed E-state index contributed by atoms with van der Waals surface area (Å²) >= 11 is 0. The van der Waals surface area contributed by atoms with Crippen LogP contribution in [-0.2, 0) is 9.53 Å². The molecule has 2 heteroatoms. The van der Waals surface area contributed by atoms with E-state index in [0.29, 0.717) is 11.8 Å². The molecule has 0 aromatic heterocycles. The topological polar surface area (TPSA) is 26.3 Å². The van der Waals surface area contributed by atoms with Gasteiger partial charge in [-0.25, -0.2) is 0 Å². The molecule has 66 valence electrons. The fraction of sp³-hybridized carbons (Fsp3) is 0.700. The molecular formula is C10H14O2. The fourth-order valence-corrected chi connectivity index (χ4v) is 2.35. The average molecular weight is 166 g/mol. The molecule has 0 aromatic rings. The lowest BCUT2D eigenvalue weighted by Gasteiger charge is -2.36. The van der Waals surface area contributed by atoms with Crippen LogP contribution in [0.3, 0.4) is 0 Å². The molecule has 12 heavy (non-hydrogen) atoms. The fourth-order valence-electron chi connectivity index (χ4n) is 2.35. The molecule has 0 aromatic carbocycles. The van der Waals surface area contributed by atoms with E-state index in [-0.39, 0.29) is 11.9 Å². The number of esters is 1. The summed E-state index contributed by atoms with van der Waals surface area (Å²) in [6, 6.07) is 0. The van der Waals surface area contributed by atoms with E-state index in [4.69, 9.17) is 4.74 Å². The van der Waals surface area contributed by atoms with E-state index in [2.05, 4.69) is 12.2 Å². The number of carbonyl (C=O) groups excluding carboxylic acids is 1. The van der Waals surface area contributed by atoms with Crippen LogP contribution in [0.4, 0.5) is 0 Å². The minimum absolute atomic E-state index is 0.0194. The van der Waals surface area contributed by atoms with Gasteiger partial charge in [0.2, 0.25) is 0 Å². The minimum Gasteiger partial charge on any atom is -0.469 e. The van der Waals surface area contributed by atoms with Crippen molar-refractivity contribution in [3.8, 4) is 0 Å². The van der Waals surface area contributed by atoms with Crippen LogP contribution in [0.15, 0.2) is 12.2 Å². The second-order valence-corrected chi connectivity index (χ2v) is 3.75. The van der Waals surface area contributed by atoms with Crippen molar-refractivity contribution < 1.29 is 9.53 Å². The number of hydrogen-bond acceptors (Lipinski definition) is 2. The predicted octanol–water partition coefficient (Wildman–Crippen LogP) is 1.76. The number of fused-ring (bicyclic) bond motifs is 2. The Morgan fingerprint density at radius 1 is 1.42 bits per heavy atom. The van der Waals surface area contributed by atoms with Gasteiger partial charge in [0.15, 0.2) is 0 Å². The molecule has 0 saturated heterocycles. The van der Waals surface area contributed by atoms with Gasteiger partial charge in [0.05, 0.1) is 13.0 Å². The van der Waals surface area contributed by atoms with Crippen molar-refractivity contribution in [2.75, 3.05) is 7.11 Å². The summed E-state index contributed by atoms with van der Waals surface area (Å²) in [6.07, 6.45) is 7.89. The maximum absolute atomic E-state index is 11.3. The summed E-state index contributed by atoms with van der Waals surface area (Å²) in [5.41, 5.74) is 0. The van der Waals surface area contributed by atoms with Gasteiger partial charge in [0.25, 0.3) is 0 Å². The third-order valence-corrected chi connectivity index (χ3v) is 3.08.